The number of amides is 2. The van der Waals surface area contributed by atoms with Crippen molar-refractivity contribution in [1.82, 2.24) is 0 Å². The number of nitrogens with zero attached hydrogens (tertiary/aromatic N) is 1. The Kier molecular flexibility index (Phi) is 7.30. The Hall–Kier alpha value is -3.06. The monoisotopic (exact) mass is 412 g/mol. The average Bonchev–Trinajstić information content (AvgIpc) is 2.74. The van der Waals surface area contributed by atoms with Crippen LogP contribution in [0.15, 0.2) is 36.4 Å². The minimum atomic E-state index is -0.234. The van der Waals surface area contributed by atoms with Crippen LogP contribution in [0.4, 0.5) is 11.4 Å². The van der Waals surface area contributed by atoms with E-state index in [4.69, 9.17) is 14.2 Å². The van der Waals surface area contributed by atoms with Crippen LogP contribution in [0.1, 0.15) is 36.2 Å². The molecule has 7 nitrogen and oxygen atoms in total. The Morgan fingerprint density at radius 2 is 1.80 bits per heavy atom. The zero-order valence-electron chi connectivity index (χ0n) is 17.7. The van der Waals surface area contributed by atoms with Gasteiger partial charge in [-0.3, -0.25) is 9.59 Å². The summed E-state index contributed by atoms with van der Waals surface area (Å²) < 4.78 is 16.1. The first-order valence-electron chi connectivity index (χ1n) is 10.2. The highest BCUT2D eigenvalue weighted by Gasteiger charge is 2.23. The molecule has 2 aromatic rings. The Balaban J connectivity index is 1.77. The molecule has 0 atom stereocenters. The fourth-order valence-corrected chi connectivity index (χ4v) is 3.53. The normalized spacial score (nSPS) is 12.8. The lowest BCUT2D eigenvalue weighted by Crippen LogP contribution is -2.37. The molecule has 30 heavy (non-hydrogen) atoms. The van der Waals surface area contributed by atoms with Crippen molar-refractivity contribution in [3.63, 3.8) is 0 Å². The van der Waals surface area contributed by atoms with Crippen LogP contribution in [0.2, 0.25) is 0 Å². The van der Waals surface area contributed by atoms with Crippen molar-refractivity contribution in [3.05, 3.63) is 47.5 Å². The van der Waals surface area contributed by atoms with Crippen molar-refractivity contribution in [3.8, 4) is 11.5 Å². The molecule has 0 saturated heterocycles. The van der Waals surface area contributed by atoms with Crippen LogP contribution < -0.4 is 19.7 Å². The number of fused-ring (bicyclic) bond motifs is 1. The summed E-state index contributed by atoms with van der Waals surface area (Å²) in [5.41, 5.74) is 3.08. The molecule has 0 spiro atoms. The maximum atomic E-state index is 12.8. The Morgan fingerprint density at radius 1 is 1.03 bits per heavy atom. The van der Waals surface area contributed by atoms with Gasteiger partial charge in [0.05, 0.1) is 13.2 Å². The summed E-state index contributed by atoms with van der Waals surface area (Å²) in [7, 11) is 1.51. The number of rotatable bonds is 8. The van der Waals surface area contributed by atoms with Crippen molar-refractivity contribution in [2.45, 2.75) is 26.7 Å². The van der Waals surface area contributed by atoms with E-state index in [0.29, 0.717) is 42.5 Å². The van der Waals surface area contributed by atoms with Gasteiger partial charge in [-0.05, 0) is 68.7 Å². The quantitative estimate of drug-likeness (QED) is 0.716. The van der Waals surface area contributed by atoms with Crippen molar-refractivity contribution in [1.29, 1.82) is 0 Å². The summed E-state index contributed by atoms with van der Waals surface area (Å²) in [6, 6.07) is 10.8. The van der Waals surface area contributed by atoms with Gasteiger partial charge in [0.15, 0.2) is 11.5 Å². The summed E-state index contributed by atoms with van der Waals surface area (Å²) in [4.78, 5) is 26.8. The van der Waals surface area contributed by atoms with Gasteiger partial charge in [0.25, 0.3) is 11.8 Å². The smallest absolute Gasteiger partial charge is 0.255 e. The number of hydrogen-bond donors (Lipinski definition) is 1. The molecule has 0 aromatic heterocycles. The van der Waals surface area contributed by atoms with Gasteiger partial charge < -0.3 is 24.4 Å². The van der Waals surface area contributed by atoms with Gasteiger partial charge in [-0.1, -0.05) is 0 Å². The molecule has 2 aromatic carbocycles. The molecule has 160 valence electrons. The molecule has 1 aliphatic rings. The molecule has 0 aliphatic carbocycles. The second-order valence-electron chi connectivity index (χ2n) is 6.91. The van der Waals surface area contributed by atoms with E-state index in [1.54, 1.807) is 23.1 Å². The number of nitrogens with one attached hydrogen (secondary N) is 1. The zero-order valence-corrected chi connectivity index (χ0v) is 17.7. The number of carbonyl (C=O) groups excluding carboxylic acids is 2. The van der Waals surface area contributed by atoms with E-state index >= 15 is 0 Å². The van der Waals surface area contributed by atoms with Crippen molar-refractivity contribution in [2.75, 3.05) is 43.7 Å². The third kappa shape index (κ3) is 4.91. The molecule has 0 fully saturated rings. The standard InChI is InChI=1S/C23H28N2O5/c1-4-29-20-11-8-17(14-21(20)30-5-2)23(27)24-18-9-10-19-16(13-18)7-6-12-25(19)22(26)15-28-3/h8-11,13-14H,4-7,12,15H2,1-3H3,(H,24,27). The highest BCUT2D eigenvalue weighted by atomic mass is 16.5. The molecule has 3 rings (SSSR count). The van der Waals surface area contributed by atoms with E-state index in [0.717, 1.165) is 24.1 Å². The van der Waals surface area contributed by atoms with E-state index in [9.17, 15) is 9.59 Å². The van der Waals surface area contributed by atoms with E-state index in [1.165, 1.54) is 7.11 Å². The van der Waals surface area contributed by atoms with Crippen LogP contribution in [0.5, 0.6) is 11.5 Å². The van der Waals surface area contributed by atoms with Crippen molar-refractivity contribution in [2.24, 2.45) is 0 Å². The van der Waals surface area contributed by atoms with Gasteiger partial charge >= 0.3 is 0 Å². The number of hydrogen-bond acceptors (Lipinski definition) is 5. The first kappa shape index (κ1) is 21.6. The predicted octanol–water partition coefficient (Wildman–Crippen LogP) is 3.66. The Morgan fingerprint density at radius 3 is 2.53 bits per heavy atom. The topological polar surface area (TPSA) is 77.1 Å². The van der Waals surface area contributed by atoms with E-state index in [2.05, 4.69) is 5.32 Å². The third-order valence-corrected chi connectivity index (χ3v) is 4.83. The van der Waals surface area contributed by atoms with Crippen LogP contribution in [0, 0.1) is 0 Å². The second kappa shape index (κ2) is 10.1. The van der Waals surface area contributed by atoms with Crippen LogP contribution in [-0.4, -0.2) is 45.3 Å². The van der Waals surface area contributed by atoms with Gasteiger partial charge in [-0.15, -0.1) is 0 Å². The van der Waals surface area contributed by atoms with Gasteiger partial charge in [0.1, 0.15) is 6.61 Å². The predicted molar refractivity (Wildman–Crippen MR) is 116 cm³/mol. The largest absolute Gasteiger partial charge is 0.490 e. The molecule has 2 amide bonds. The number of aryl methyl sites for hydroxylation is 1. The van der Waals surface area contributed by atoms with Crippen LogP contribution in [0.3, 0.4) is 0 Å². The van der Waals surface area contributed by atoms with E-state index in [1.807, 2.05) is 32.0 Å². The molecule has 1 N–H and O–H groups in total. The SMILES string of the molecule is CCOc1ccc(C(=O)Nc2ccc3c(c2)CCCN3C(=O)COC)cc1OCC. The lowest BCUT2D eigenvalue weighted by atomic mass is 10.0. The molecule has 0 saturated carbocycles. The molecule has 1 aliphatic heterocycles. The summed E-state index contributed by atoms with van der Waals surface area (Å²) in [6.45, 7) is 5.51. The summed E-state index contributed by atoms with van der Waals surface area (Å²) in [5.74, 6) is 0.866. The molecule has 0 unspecified atom stereocenters. The minimum absolute atomic E-state index is 0.0534. The zero-order chi connectivity index (χ0) is 21.5. The Labute approximate surface area is 176 Å². The summed E-state index contributed by atoms with van der Waals surface area (Å²) in [5, 5.41) is 2.93. The van der Waals surface area contributed by atoms with Crippen LogP contribution in [0.25, 0.3) is 0 Å². The highest BCUT2D eigenvalue weighted by Crippen LogP contribution is 2.31. The number of carbonyl (C=O) groups is 2. The molecule has 0 bridgehead atoms. The van der Waals surface area contributed by atoms with Crippen molar-refractivity contribution >= 4 is 23.2 Å². The summed E-state index contributed by atoms with van der Waals surface area (Å²) in [6.07, 6.45) is 1.73. The second-order valence-corrected chi connectivity index (χ2v) is 6.91. The molecular formula is C23H28N2O5. The number of methoxy groups -OCH3 is 1. The van der Waals surface area contributed by atoms with Crippen molar-refractivity contribution < 1.29 is 23.8 Å². The van der Waals surface area contributed by atoms with E-state index in [-0.39, 0.29) is 18.4 Å². The first-order chi connectivity index (χ1) is 14.6. The molecule has 1 heterocycles. The molecular weight excluding hydrogens is 384 g/mol. The third-order valence-electron chi connectivity index (χ3n) is 4.83. The van der Waals surface area contributed by atoms with Gasteiger partial charge in [0.2, 0.25) is 0 Å². The molecule has 0 radical (unpaired) electrons. The highest BCUT2D eigenvalue weighted by molar-refractivity contribution is 6.05. The van der Waals surface area contributed by atoms with Gasteiger partial charge in [-0.2, -0.15) is 0 Å². The van der Waals surface area contributed by atoms with Crippen LogP contribution in [-0.2, 0) is 16.0 Å². The number of ether oxygens (including phenoxy) is 3. The maximum Gasteiger partial charge on any atom is 0.255 e. The minimum Gasteiger partial charge on any atom is -0.490 e. The number of anilines is 2. The van der Waals surface area contributed by atoms with E-state index < -0.39 is 0 Å². The van der Waals surface area contributed by atoms with Gasteiger partial charge in [0, 0.05) is 30.6 Å². The molecule has 7 heteroatoms. The maximum absolute atomic E-state index is 12.8. The fraction of sp³-hybridized carbons (Fsp3) is 0.391. The van der Waals surface area contributed by atoms with Gasteiger partial charge in [-0.25, -0.2) is 0 Å². The lowest BCUT2D eigenvalue weighted by Gasteiger charge is -2.29. The first-order valence-corrected chi connectivity index (χ1v) is 10.2. The Bertz CT molecular complexity index is 912. The fourth-order valence-electron chi connectivity index (χ4n) is 3.53. The average molecular weight is 412 g/mol. The van der Waals surface area contributed by atoms with Crippen LogP contribution >= 0.6 is 0 Å². The lowest BCUT2D eigenvalue weighted by molar-refractivity contribution is -0.122. The number of benzene rings is 2. The summed E-state index contributed by atoms with van der Waals surface area (Å²) >= 11 is 0.